The van der Waals surface area contributed by atoms with Crippen molar-refractivity contribution in [2.24, 2.45) is 17.8 Å². The number of likely N-dealkylation sites (tertiary alicyclic amines) is 1. The van der Waals surface area contributed by atoms with Gasteiger partial charge in [0.05, 0.1) is 24.5 Å². The van der Waals surface area contributed by atoms with Gasteiger partial charge >= 0.3 is 0 Å². The lowest BCUT2D eigenvalue weighted by Gasteiger charge is -2.20. The van der Waals surface area contributed by atoms with Gasteiger partial charge in [-0.15, -0.1) is 0 Å². The predicted octanol–water partition coefficient (Wildman–Crippen LogP) is 1.34. The molecule has 4 heteroatoms. The van der Waals surface area contributed by atoms with Gasteiger partial charge in [0.25, 0.3) is 0 Å². The number of hydrogen-bond donors (Lipinski definition) is 1. The van der Waals surface area contributed by atoms with Crippen molar-refractivity contribution in [3.05, 3.63) is 12.2 Å². The summed E-state index contributed by atoms with van der Waals surface area (Å²) in [7, 11) is 0. The maximum Gasteiger partial charge on any atom is 0.233 e. The van der Waals surface area contributed by atoms with Gasteiger partial charge in [-0.1, -0.05) is 26.0 Å². The van der Waals surface area contributed by atoms with Gasteiger partial charge in [-0.05, 0) is 25.2 Å². The fourth-order valence-electron chi connectivity index (χ4n) is 2.88. The third-order valence-corrected chi connectivity index (χ3v) is 3.74. The Morgan fingerprint density at radius 3 is 2.17 bits per heavy atom. The number of hydrogen-bond acceptors (Lipinski definition) is 3. The fourth-order valence-corrected chi connectivity index (χ4v) is 2.88. The molecule has 100 valence electrons. The molecule has 0 aromatic rings. The Labute approximate surface area is 108 Å². The number of fused-ring (bicyclic) bond motifs is 1. The normalized spacial score (nSPS) is 29.0. The third kappa shape index (κ3) is 2.48. The lowest BCUT2D eigenvalue weighted by molar-refractivity contribution is -0.141. The molecule has 4 nitrogen and oxygen atoms in total. The highest BCUT2D eigenvalue weighted by molar-refractivity contribution is 6.05. The maximum absolute atomic E-state index is 12.1. The molecule has 18 heavy (non-hydrogen) atoms. The van der Waals surface area contributed by atoms with E-state index in [2.05, 4.69) is 0 Å². The zero-order valence-corrected chi connectivity index (χ0v) is 11.0. The largest absolute Gasteiger partial charge is 0.391 e. The van der Waals surface area contributed by atoms with E-state index in [0.717, 1.165) is 0 Å². The lowest BCUT2D eigenvalue weighted by atomic mass is 9.85. The average molecular weight is 251 g/mol. The summed E-state index contributed by atoms with van der Waals surface area (Å²) in [6.07, 6.45) is 5.27. The highest BCUT2D eigenvalue weighted by atomic mass is 16.3. The first-order chi connectivity index (χ1) is 8.50. The molecule has 3 atom stereocenters. The van der Waals surface area contributed by atoms with E-state index in [0.29, 0.717) is 25.2 Å². The molecule has 1 N–H and O–H groups in total. The minimum absolute atomic E-state index is 0.0999. The number of β-amino-alcohol motifs (C(OH)–C–C–N with tert-alkyl or cyclic N) is 1. The molecule has 0 aromatic carbocycles. The molecule has 2 amide bonds. The van der Waals surface area contributed by atoms with E-state index < -0.39 is 6.10 Å². The van der Waals surface area contributed by atoms with Gasteiger partial charge in [0.2, 0.25) is 11.8 Å². The molecule has 1 saturated heterocycles. The van der Waals surface area contributed by atoms with Gasteiger partial charge in [-0.3, -0.25) is 14.5 Å². The number of allylic oxidation sites excluding steroid dienone is 2. The Kier molecular flexibility index (Phi) is 3.85. The summed E-state index contributed by atoms with van der Waals surface area (Å²) in [6, 6.07) is 0. The second kappa shape index (κ2) is 5.22. The van der Waals surface area contributed by atoms with E-state index in [9.17, 15) is 14.7 Å². The van der Waals surface area contributed by atoms with E-state index in [-0.39, 0.29) is 30.2 Å². The molecule has 1 aliphatic heterocycles. The van der Waals surface area contributed by atoms with Gasteiger partial charge in [0, 0.05) is 0 Å². The van der Waals surface area contributed by atoms with Crippen molar-refractivity contribution in [3.63, 3.8) is 0 Å². The number of amides is 2. The van der Waals surface area contributed by atoms with Crippen LogP contribution < -0.4 is 0 Å². The highest BCUT2D eigenvalue weighted by Crippen LogP contribution is 2.35. The number of carbonyl (C=O) groups excluding carboxylic acids is 2. The van der Waals surface area contributed by atoms with Crippen LogP contribution in [0.4, 0.5) is 0 Å². The molecule has 0 aromatic heterocycles. The van der Waals surface area contributed by atoms with Crippen LogP contribution in [0.25, 0.3) is 0 Å². The van der Waals surface area contributed by atoms with Crippen LogP contribution in [0.3, 0.4) is 0 Å². The second-order valence-corrected chi connectivity index (χ2v) is 5.73. The molecule has 0 spiro atoms. The van der Waals surface area contributed by atoms with Gasteiger partial charge in [-0.2, -0.15) is 0 Å². The molecule has 0 radical (unpaired) electrons. The van der Waals surface area contributed by atoms with Crippen LogP contribution in [-0.4, -0.2) is 34.5 Å². The van der Waals surface area contributed by atoms with Crippen LogP contribution in [-0.2, 0) is 9.59 Å². The Morgan fingerprint density at radius 2 is 1.72 bits per heavy atom. The summed E-state index contributed by atoms with van der Waals surface area (Å²) in [5.41, 5.74) is 0. The zero-order chi connectivity index (χ0) is 13.3. The average Bonchev–Trinajstić information content (AvgIpc) is 2.54. The first-order valence-corrected chi connectivity index (χ1v) is 6.69. The molecule has 2 aliphatic rings. The first-order valence-electron chi connectivity index (χ1n) is 6.69. The minimum Gasteiger partial charge on any atom is -0.391 e. The van der Waals surface area contributed by atoms with Gasteiger partial charge in [0.15, 0.2) is 0 Å². The van der Waals surface area contributed by atoms with E-state index in [1.165, 1.54) is 4.90 Å². The van der Waals surface area contributed by atoms with Crippen molar-refractivity contribution in [2.75, 3.05) is 6.54 Å². The number of rotatable bonds is 4. The summed E-state index contributed by atoms with van der Waals surface area (Å²) < 4.78 is 0. The van der Waals surface area contributed by atoms with E-state index in [1.54, 1.807) is 0 Å². The standard InChI is InChI=1S/C14H21NO3/c1-9(2)7-10(16)8-15-13(17)11-5-3-4-6-12(11)14(15)18/h3-4,9-12,16H,5-8H2,1-2H3. The van der Waals surface area contributed by atoms with Gasteiger partial charge in [0.1, 0.15) is 0 Å². The number of nitrogens with zero attached hydrogens (tertiary/aromatic N) is 1. The van der Waals surface area contributed by atoms with Crippen LogP contribution in [0.15, 0.2) is 12.2 Å². The third-order valence-electron chi connectivity index (χ3n) is 3.74. The summed E-state index contributed by atoms with van der Waals surface area (Å²) in [4.78, 5) is 25.5. The molecule has 1 fully saturated rings. The van der Waals surface area contributed by atoms with Crippen LogP contribution in [0.2, 0.25) is 0 Å². The van der Waals surface area contributed by atoms with Crippen molar-refractivity contribution in [1.82, 2.24) is 4.90 Å². The Bertz CT molecular complexity index is 349. The van der Waals surface area contributed by atoms with Crippen LogP contribution in [0, 0.1) is 17.8 Å². The quantitative estimate of drug-likeness (QED) is 0.606. The Morgan fingerprint density at radius 1 is 1.22 bits per heavy atom. The SMILES string of the molecule is CC(C)CC(O)CN1C(=O)C2CC=CCC2C1=O. The monoisotopic (exact) mass is 251 g/mol. The Balaban J connectivity index is 2.02. The molecule has 1 aliphatic carbocycles. The highest BCUT2D eigenvalue weighted by Gasteiger charge is 2.47. The van der Waals surface area contributed by atoms with Crippen molar-refractivity contribution < 1.29 is 14.7 Å². The predicted molar refractivity (Wildman–Crippen MR) is 67.5 cm³/mol. The smallest absolute Gasteiger partial charge is 0.233 e. The minimum atomic E-state index is -0.606. The topological polar surface area (TPSA) is 57.6 Å². The van der Waals surface area contributed by atoms with Crippen molar-refractivity contribution in [2.45, 2.75) is 39.2 Å². The van der Waals surface area contributed by atoms with Crippen molar-refractivity contribution in [3.8, 4) is 0 Å². The second-order valence-electron chi connectivity index (χ2n) is 5.73. The molecule has 0 bridgehead atoms. The number of imide groups is 1. The summed E-state index contributed by atoms with van der Waals surface area (Å²) in [5, 5.41) is 9.89. The number of aliphatic hydroxyl groups excluding tert-OH is 1. The van der Waals surface area contributed by atoms with Crippen LogP contribution in [0.1, 0.15) is 33.1 Å². The van der Waals surface area contributed by atoms with Crippen LogP contribution in [0.5, 0.6) is 0 Å². The van der Waals surface area contributed by atoms with Crippen molar-refractivity contribution in [1.29, 1.82) is 0 Å². The zero-order valence-electron chi connectivity index (χ0n) is 11.0. The summed E-state index contributed by atoms with van der Waals surface area (Å²) in [5.74, 6) is -0.214. The molecule has 2 rings (SSSR count). The maximum atomic E-state index is 12.1. The lowest BCUT2D eigenvalue weighted by Crippen LogP contribution is -2.38. The van der Waals surface area contributed by atoms with Gasteiger partial charge < -0.3 is 5.11 Å². The van der Waals surface area contributed by atoms with E-state index in [4.69, 9.17) is 0 Å². The van der Waals surface area contributed by atoms with E-state index in [1.807, 2.05) is 26.0 Å². The molecular weight excluding hydrogens is 230 g/mol. The first kappa shape index (κ1) is 13.3. The van der Waals surface area contributed by atoms with Gasteiger partial charge in [-0.25, -0.2) is 0 Å². The number of carbonyl (C=O) groups is 2. The summed E-state index contributed by atoms with van der Waals surface area (Å²) >= 11 is 0. The molecule has 0 saturated carbocycles. The van der Waals surface area contributed by atoms with Crippen LogP contribution >= 0.6 is 0 Å². The molecular formula is C14H21NO3. The van der Waals surface area contributed by atoms with E-state index >= 15 is 0 Å². The summed E-state index contributed by atoms with van der Waals surface area (Å²) in [6.45, 7) is 4.18. The molecule has 3 unspecified atom stereocenters. The fraction of sp³-hybridized carbons (Fsp3) is 0.714. The molecule has 1 heterocycles. The van der Waals surface area contributed by atoms with Crippen molar-refractivity contribution >= 4 is 11.8 Å². The number of aliphatic hydroxyl groups is 1. The Hall–Kier alpha value is -1.16.